The lowest BCUT2D eigenvalue weighted by Crippen LogP contribution is -2.43. The fourth-order valence-corrected chi connectivity index (χ4v) is 3.36. The Bertz CT molecular complexity index is 560. The second-order valence-corrected chi connectivity index (χ2v) is 7.14. The number of nitrogens with zero attached hydrogens (tertiary/aromatic N) is 1. The number of nitrogens with one attached hydrogen (secondary N) is 1. The Morgan fingerprint density at radius 1 is 1.19 bits per heavy atom. The number of ether oxygens (including phenoxy) is 2. The van der Waals surface area contributed by atoms with E-state index in [1.165, 1.54) is 0 Å². The van der Waals surface area contributed by atoms with Crippen LogP contribution in [0.25, 0.3) is 0 Å². The van der Waals surface area contributed by atoms with E-state index in [1.807, 2.05) is 18.2 Å². The van der Waals surface area contributed by atoms with Crippen LogP contribution in [-0.4, -0.2) is 51.2 Å². The predicted molar refractivity (Wildman–Crippen MR) is 108 cm³/mol. The smallest absolute Gasteiger partial charge is 0.225 e. The standard InChI is InChI=1S/C20H32N2O3.ClH/c1-15(2)14-22(20(23)17-7-10-21-11-8-17)12-9-16-5-6-18(24-3)19(13-16)25-4;/h5-6,13,15,17,21H,7-12,14H2,1-4H3;1H. The summed E-state index contributed by atoms with van der Waals surface area (Å²) in [5, 5.41) is 3.33. The lowest BCUT2D eigenvalue weighted by molar-refractivity contribution is -0.136. The van der Waals surface area contributed by atoms with Gasteiger partial charge in [0.1, 0.15) is 0 Å². The Hall–Kier alpha value is -1.46. The number of benzene rings is 1. The number of halogens is 1. The minimum atomic E-state index is 0. The molecule has 1 aliphatic heterocycles. The Labute approximate surface area is 163 Å². The third kappa shape index (κ3) is 6.36. The molecular weight excluding hydrogens is 352 g/mol. The van der Waals surface area contributed by atoms with Gasteiger partial charge < -0.3 is 19.7 Å². The predicted octanol–water partition coefficient (Wildman–Crippen LogP) is 3.15. The highest BCUT2D eigenvalue weighted by Crippen LogP contribution is 2.28. The van der Waals surface area contributed by atoms with Crippen molar-refractivity contribution in [3.8, 4) is 11.5 Å². The summed E-state index contributed by atoms with van der Waals surface area (Å²) in [6, 6.07) is 5.97. The van der Waals surface area contributed by atoms with Crippen molar-refractivity contribution >= 4 is 18.3 Å². The first-order chi connectivity index (χ1) is 12.0. The highest BCUT2D eigenvalue weighted by molar-refractivity contribution is 5.85. The second-order valence-electron chi connectivity index (χ2n) is 7.14. The van der Waals surface area contributed by atoms with Gasteiger partial charge in [-0.2, -0.15) is 0 Å². The molecule has 1 heterocycles. The zero-order valence-corrected chi connectivity index (χ0v) is 17.2. The van der Waals surface area contributed by atoms with Gasteiger partial charge in [-0.15, -0.1) is 12.4 Å². The largest absolute Gasteiger partial charge is 0.493 e. The summed E-state index contributed by atoms with van der Waals surface area (Å²) in [4.78, 5) is 15.0. The molecule has 0 radical (unpaired) electrons. The average Bonchev–Trinajstić information content (AvgIpc) is 2.64. The van der Waals surface area contributed by atoms with E-state index >= 15 is 0 Å². The number of carbonyl (C=O) groups excluding carboxylic acids is 1. The number of carbonyl (C=O) groups is 1. The van der Waals surface area contributed by atoms with E-state index in [0.717, 1.165) is 62.5 Å². The third-order valence-electron chi connectivity index (χ3n) is 4.70. The first-order valence-corrected chi connectivity index (χ1v) is 9.25. The average molecular weight is 385 g/mol. The Morgan fingerprint density at radius 3 is 2.42 bits per heavy atom. The van der Waals surface area contributed by atoms with Crippen LogP contribution in [0.3, 0.4) is 0 Å². The van der Waals surface area contributed by atoms with E-state index in [9.17, 15) is 4.79 Å². The van der Waals surface area contributed by atoms with Crippen molar-refractivity contribution in [2.75, 3.05) is 40.4 Å². The fraction of sp³-hybridized carbons (Fsp3) is 0.650. The van der Waals surface area contributed by atoms with Crippen LogP contribution in [0, 0.1) is 11.8 Å². The molecule has 6 heteroatoms. The van der Waals surface area contributed by atoms with Gasteiger partial charge in [-0.1, -0.05) is 19.9 Å². The molecule has 0 unspecified atom stereocenters. The van der Waals surface area contributed by atoms with Crippen LogP contribution in [0.15, 0.2) is 18.2 Å². The summed E-state index contributed by atoms with van der Waals surface area (Å²) >= 11 is 0. The molecule has 2 rings (SSSR count). The molecule has 0 bridgehead atoms. The van der Waals surface area contributed by atoms with Gasteiger partial charge in [-0.3, -0.25) is 4.79 Å². The normalized spacial score (nSPS) is 14.7. The maximum absolute atomic E-state index is 12.9. The summed E-state index contributed by atoms with van der Waals surface area (Å²) in [7, 11) is 3.28. The van der Waals surface area contributed by atoms with Gasteiger partial charge in [-0.05, 0) is 56.0 Å². The highest BCUT2D eigenvalue weighted by Gasteiger charge is 2.26. The number of methoxy groups -OCH3 is 2. The zero-order chi connectivity index (χ0) is 18.2. The summed E-state index contributed by atoms with van der Waals surface area (Å²) in [6.45, 7) is 7.79. The molecule has 1 aliphatic rings. The molecule has 0 saturated carbocycles. The molecule has 0 aromatic heterocycles. The molecule has 1 aromatic rings. The summed E-state index contributed by atoms with van der Waals surface area (Å²) < 4.78 is 10.7. The molecule has 0 spiro atoms. The van der Waals surface area contributed by atoms with Crippen LogP contribution < -0.4 is 14.8 Å². The van der Waals surface area contributed by atoms with Crippen molar-refractivity contribution in [2.45, 2.75) is 33.1 Å². The van der Waals surface area contributed by atoms with Gasteiger partial charge in [0, 0.05) is 19.0 Å². The van der Waals surface area contributed by atoms with Gasteiger partial charge in [0.25, 0.3) is 0 Å². The third-order valence-corrected chi connectivity index (χ3v) is 4.70. The van der Waals surface area contributed by atoms with E-state index in [4.69, 9.17) is 9.47 Å². The molecule has 5 nitrogen and oxygen atoms in total. The molecule has 26 heavy (non-hydrogen) atoms. The van der Waals surface area contributed by atoms with Gasteiger partial charge in [0.05, 0.1) is 14.2 Å². The minimum Gasteiger partial charge on any atom is -0.493 e. The lowest BCUT2D eigenvalue weighted by Gasteiger charge is -2.31. The quantitative estimate of drug-likeness (QED) is 0.748. The highest BCUT2D eigenvalue weighted by atomic mass is 35.5. The van der Waals surface area contributed by atoms with Crippen molar-refractivity contribution in [3.63, 3.8) is 0 Å². The minimum absolute atomic E-state index is 0. The summed E-state index contributed by atoms with van der Waals surface area (Å²) in [6.07, 6.45) is 2.72. The van der Waals surface area contributed by atoms with Crippen molar-refractivity contribution in [3.05, 3.63) is 23.8 Å². The maximum Gasteiger partial charge on any atom is 0.225 e. The Kier molecular flexibility index (Phi) is 9.81. The van der Waals surface area contributed by atoms with E-state index < -0.39 is 0 Å². The molecule has 1 N–H and O–H groups in total. The monoisotopic (exact) mass is 384 g/mol. The maximum atomic E-state index is 12.9. The van der Waals surface area contributed by atoms with Crippen LogP contribution in [0.2, 0.25) is 0 Å². The SMILES string of the molecule is COc1ccc(CCN(CC(C)C)C(=O)C2CCNCC2)cc1OC.Cl. The number of hydrogen-bond acceptors (Lipinski definition) is 4. The van der Waals surface area contributed by atoms with Crippen molar-refractivity contribution in [2.24, 2.45) is 11.8 Å². The van der Waals surface area contributed by atoms with Gasteiger partial charge in [-0.25, -0.2) is 0 Å². The van der Waals surface area contributed by atoms with E-state index in [0.29, 0.717) is 11.8 Å². The van der Waals surface area contributed by atoms with Crippen LogP contribution in [-0.2, 0) is 11.2 Å². The molecule has 0 aliphatic carbocycles. The van der Waals surface area contributed by atoms with Crippen LogP contribution >= 0.6 is 12.4 Å². The Balaban J connectivity index is 0.00000338. The molecule has 1 amide bonds. The van der Waals surface area contributed by atoms with Crippen molar-refractivity contribution in [1.29, 1.82) is 0 Å². The molecule has 1 saturated heterocycles. The molecular formula is C20H33ClN2O3. The topological polar surface area (TPSA) is 50.8 Å². The lowest BCUT2D eigenvalue weighted by atomic mass is 9.96. The summed E-state index contributed by atoms with van der Waals surface area (Å²) in [5.74, 6) is 2.42. The van der Waals surface area contributed by atoms with E-state index in [1.54, 1.807) is 14.2 Å². The van der Waals surface area contributed by atoms with Crippen LogP contribution in [0.4, 0.5) is 0 Å². The molecule has 0 atom stereocenters. The van der Waals surface area contributed by atoms with Gasteiger partial charge >= 0.3 is 0 Å². The molecule has 148 valence electrons. The van der Waals surface area contributed by atoms with Crippen molar-refractivity contribution < 1.29 is 14.3 Å². The number of amides is 1. The molecule has 1 fully saturated rings. The Morgan fingerprint density at radius 2 is 1.85 bits per heavy atom. The van der Waals surface area contributed by atoms with Crippen LogP contribution in [0.1, 0.15) is 32.3 Å². The van der Waals surface area contributed by atoms with Gasteiger partial charge in [0.15, 0.2) is 11.5 Å². The van der Waals surface area contributed by atoms with E-state index in [-0.39, 0.29) is 18.3 Å². The second kappa shape index (κ2) is 11.3. The number of piperidine rings is 1. The number of hydrogen-bond donors (Lipinski definition) is 1. The fourth-order valence-electron chi connectivity index (χ4n) is 3.36. The first kappa shape index (κ1) is 22.6. The van der Waals surface area contributed by atoms with Crippen molar-refractivity contribution in [1.82, 2.24) is 10.2 Å². The first-order valence-electron chi connectivity index (χ1n) is 9.25. The summed E-state index contributed by atoms with van der Waals surface area (Å²) in [5.41, 5.74) is 1.16. The number of rotatable bonds is 8. The molecule has 1 aromatic carbocycles. The van der Waals surface area contributed by atoms with Crippen LogP contribution in [0.5, 0.6) is 11.5 Å². The van der Waals surface area contributed by atoms with Gasteiger partial charge in [0.2, 0.25) is 5.91 Å². The van der Waals surface area contributed by atoms with E-state index in [2.05, 4.69) is 24.1 Å². The zero-order valence-electron chi connectivity index (χ0n) is 16.4.